The second-order valence-corrected chi connectivity index (χ2v) is 5.20. The Hall–Kier alpha value is -1.90. The highest BCUT2D eigenvalue weighted by Crippen LogP contribution is 2.29. The zero-order valence-electron chi connectivity index (χ0n) is 12.9. The van der Waals surface area contributed by atoms with Gasteiger partial charge < -0.3 is 14.6 Å². The smallest absolute Gasteiger partial charge is 0.126 e. The van der Waals surface area contributed by atoms with E-state index in [1.165, 1.54) is 16.7 Å². The lowest BCUT2D eigenvalue weighted by atomic mass is 10.1. The first kappa shape index (κ1) is 14.5. The lowest BCUT2D eigenvalue weighted by molar-refractivity contribution is 0.409. The molecule has 0 aliphatic carbocycles. The van der Waals surface area contributed by atoms with Crippen LogP contribution >= 0.6 is 0 Å². The van der Waals surface area contributed by atoms with Gasteiger partial charge in [0.2, 0.25) is 0 Å². The van der Waals surface area contributed by atoms with Crippen LogP contribution in [0.15, 0.2) is 30.6 Å². The molecular formula is C17H24N2O. The number of aryl methyl sites for hydroxylation is 2. The highest BCUT2D eigenvalue weighted by Gasteiger charge is 2.07. The summed E-state index contributed by atoms with van der Waals surface area (Å²) in [5, 5.41) is 3.49. The molecule has 2 rings (SSSR count). The number of rotatable bonds is 6. The lowest BCUT2D eigenvalue weighted by Crippen LogP contribution is -2.02. The number of nitrogens with zero attached hydrogens (tertiary/aromatic N) is 1. The zero-order chi connectivity index (χ0) is 14.5. The van der Waals surface area contributed by atoms with Gasteiger partial charge in [-0.05, 0) is 43.5 Å². The van der Waals surface area contributed by atoms with Crippen molar-refractivity contribution in [2.24, 2.45) is 0 Å². The molecule has 2 aromatic rings. The quantitative estimate of drug-likeness (QED) is 0.855. The summed E-state index contributed by atoms with van der Waals surface area (Å²) in [6.45, 7) is 8.28. The van der Waals surface area contributed by atoms with E-state index in [1.54, 1.807) is 7.11 Å². The molecule has 108 valence electrons. The number of hydrogen-bond donors (Lipinski definition) is 1. The van der Waals surface area contributed by atoms with Gasteiger partial charge in [0.1, 0.15) is 5.75 Å². The molecule has 3 heteroatoms. The molecule has 1 heterocycles. The summed E-state index contributed by atoms with van der Waals surface area (Å²) in [6, 6.07) is 6.38. The van der Waals surface area contributed by atoms with E-state index in [4.69, 9.17) is 4.74 Å². The number of methoxy groups -OCH3 is 1. The summed E-state index contributed by atoms with van der Waals surface area (Å²) in [5.74, 6) is 0.971. The van der Waals surface area contributed by atoms with Crippen molar-refractivity contribution in [2.75, 3.05) is 12.4 Å². The van der Waals surface area contributed by atoms with Gasteiger partial charge >= 0.3 is 0 Å². The van der Waals surface area contributed by atoms with E-state index in [9.17, 15) is 0 Å². The topological polar surface area (TPSA) is 26.2 Å². The SMILES string of the molecule is CCCn1ccc(CNc2ccc(C)c(OC)c2C)c1. The molecule has 0 aliphatic heterocycles. The molecule has 3 nitrogen and oxygen atoms in total. The second-order valence-electron chi connectivity index (χ2n) is 5.20. The van der Waals surface area contributed by atoms with E-state index in [1.807, 2.05) is 0 Å². The Labute approximate surface area is 121 Å². The van der Waals surface area contributed by atoms with Crippen LogP contribution in [0.4, 0.5) is 5.69 Å². The largest absolute Gasteiger partial charge is 0.496 e. The van der Waals surface area contributed by atoms with E-state index in [0.717, 1.165) is 30.9 Å². The Morgan fingerprint density at radius 3 is 2.70 bits per heavy atom. The maximum Gasteiger partial charge on any atom is 0.126 e. The molecule has 1 aromatic heterocycles. The maximum atomic E-state index is 5.46. The minimum atomic E-state index is 0.837. The number of nitrogens with one attached hydrogen (secondary N) is 1. The molecule has 0 atom stereocenters. The third-order valence-electron chi connectivity index (χ3n) is 3.58. The molecule has 1 N–H and O–H groups in total. The van der Waals surface area contributed by atoms with Crippen LogP contribution in [0.25, 0.3) is 0 Å². The minimum absolute atomic E-state index is 0.837. The minimum Gasteiger partial charge on any atom is -0.496 e. The van der Waals surface area contributed by atoms with Gasteiger partial charge in [-0.25, -0.2) is 0 Å². The van der Waals surface area contributed by atoms with Gasteiger partial charge in [0.15, 0.2) is 0 Å². The molecule has 0 fully saturated rings. The summed E-state index contributed by atoms with van der Waals surface area (Å²) < 4.78 is 7.70. The van der Waals surface area contributed by atoms with E-state index in [-0.39, 0.29) is 0 Å². The highest BCUT2D eigenvalue weighted by atomic mass is 16.5. The van der Waals surface area contributed by atoms with E-state index < -0.39 is 0 Å². The third kappa shape index (κ3) is 3.16. The average molecular weight is 272 g/mol. The van der Waals surface area contributed by atoms with Crippen molar-refractivity contribution in [1.29, 1.82) is 0 Å². The fraction of sp³-hybridized carbons (Fsp3) is 0.412. The van der Waals surface area contributed by atoms with Crippen molar-refractivity contribution in [3.8, 4) is 5.75 Å². The van der Waals surface area contributed by atoms with Crippen LogP contribution < -0.4 is 10.1 Å². The van der Waals surface area contributed by atoms with Crippen LogP contribution in [0.3, 0.4) is 0 Å². The highest BCUT2D eigenvalue weighted by molar-refractivity contribution is 5.59. The molecule has 1 aromatic carbocycles. The lowest BCUT2D eigenvalue weighted by Gasteiger charge is -2.14. The Balaban J connectivity index is 2.06. The van der Waals surface area contributed by atoms with E-state index in [2.05, 4.69) is 61.2 Å². The van der Waals surface area contributed by atoms with Crippen molar-refractivity contribution in [1.82, 2.24) is 4.57 Å². The van der Waals surface area contributed by atoms with Gasteiger partial charge in [0, 0.05) is 36.7 Å². The molecule has 0 radical (unpaired) electrons. The molecule has 0 bridgehead atoms. The number of hydrogen-bond acceptors (Lipinski definition) is 2. The van der Waals surface area contributed by atoms with Crippen LogP contribution in [0.1, 0.15) is 30.0 Å². The van der Waals surface area contributed by atoms with Gasteiger partial charge in [-0.15, -0.1) is 0 Å². The van der Waals surface area contributed by atoms with Crippen LogP contribution in [0.5, 0.6) is 5.75 Å². The van der Waals surface area contributed by atoms with Gasteiger partial charge in [-0.1, -0.05) is 13.0 Å². The van der Waals surface area contributed by atoms with Crippen molar-refractivity contribution < 1.29 is 4.74 Å². The van der Waals surface area contributed by atoms with Crippen molar-refractivity contribution in [3.63, 3.8) is 0 Å². The van der Waals surface area contributed by atoms with Crippen molar-refractivity contribution >= 4 is 5.69 Å². The second kappa shape index (κ2) is 6.51. The van der Waals surface area contributed by atoms with Crippen molar-refractivity contribution in [3.05, 3.63) is 47.3 Å². The summed E-state index contributed by atoms with van der Waals surface area (Å²) in [5.41, 5.74) is 4.78. The number of benzene rings is 1. The summed E-state index contributed by atoms with van der Waals surface area (Å²) in [4.78, 5) is 0. The van der Waals surface area contributed by atoms with Crippen LogP contribution in [-0.4, -0.2) is 11.7 Å². The molecule has 20 heavy (non-hydrogen) atoms. The number of aromatic nitrogens is 1. The molecule has 0 amide bonds. The summed E-state index contributed by atoms with van der Waals surface area (Å²) in [7, 11) is 1.73. The van der Waals surface area contributed by atoms with Gasteiger partial charge in [0.05, 0.1) is 7.11 Å². The number of anilines is 1. The Morgan fingerprint density at radius 1 is 1.20 bits per heavy atom. The van der Waals surface area contributed by atoms with Gasteiger partial charge in [0.25, 0.3) is 0 Å². The molecule has 0 spiro atoms. The van der Waals surface area contributed by atoms with E-state index >= 15 is 0 Å². The van der Waals surface area contributed by atoms with Crippen LogP contribution in [0, 0.1) is 13.8 Å². The zero-order valence-corrected chi connectivity index (χ0v) is 12.9. The first-order chi connectivity index (χ1) is 9.65. The number of ether oxygens (including phenoxy) is 1. The predicted molar refractivity (Wildman–Crippen MR) is 84.5 cm³/mol. The van der Waals surface area contributed by atoms with E-state index in [0.29, 0.717) is 0 Å². The molecule has 0 unspecified atom stereocenters. The Bertz CT molecular complexity index is 572. The van der Waals surface area contributed by atoms with Crippen molar-refractivity contribution in [2.45, 2.75) is 40.3 Å². The van der Waals surface area contributed by atoms with Crippen LogP contribution in [0.2, 0.25) is 0 Å². The normalized spacial score (nSPS) is 10.6. The van der Waals surface area contributed by atoms with Gasteiger partial charge in [-0.3, -0.25) is 0 Å². The first-order valence-corrected chi connectivity index (χ1v) is 7.18. The molecule has 0 saturated heterocycles. The average Bonchev–Trinajstić information content (AvgIpc) is 2.87. The first-order valence-electron chi connectivity index (χ1n) is 7.18. The molecular weight excluding hydrogens is 248 g/mol. The summed E-state index contributed by atoms with van der Waals surface area (Å²) >= 11 is 0. The third-order valence-corrected chi connectivity index (χ3v) is 3.58. The summed E-state index contributed by atoms with van der Waals surface area (Å²) in [6.07, 6.45) is 5.51. The molecule has 0 saturated carbocycles. The van der Waals surface area contributed by atoms with Crippen LogP contribution in [-0.2, 0) is 13.1 Å². The Morgan fingerprint density at radius 2 is 2.00 bits per heavy atom. The fourth-order valence-corrected chi connectivity index (χ4v) is 2.52. The van der Waals surface area contributed by atoms with Gasteiger partial charge in [-0.2, -0.15) is 0 Å². The fourth-order valence-electron chi connectivity index (χ4n) is 2.52. The molecule has 0 aliphatic rings. The Kier molecular flexibility index (Phi) is 4.72. The standard InChI is InChI=1S/C17H24N2O/c1-5-9-19-10-8-15(12-19)11-18-16-7-6-13(2)17(20-4)14(16)3/h6-8,10,12,18H,5,9,11H2,1-4H3. The maximum absolute atomic E-state index is 5.46. The predicted octanol–water partition coefficient (Wildman–Crippen LogP) is 4.14. The monoisotopic (exact) mass is 272 g/mol.